The molecule has 184 valence electrons. The van der Waals surface area contributed by atoms with E-state index < -0.39 is 6.04 Å². The summed E-state index contributed by atoms with van der Waals surface area (Å²) in [6, 6.07) is 25.5. The topological polar surface area (TPSA) is 75.4 Å². The van der Waals surface area contributed by atoms with Gasteiger partial charge < -0.3 is 5.73 Å². The summed E-state index contributed by atoms with van der Waals surface area (Å²) in [5, 5.41) is 1.43. The summed E-state index contributed by atoms with van der Waals surface area (Å²) in [7, 11) is 0. The van der Waals surface area contributed by atoms with Crippen molar-refractivity contribution in [2.75, 3.05) is 5.01 Å². The van der Waals surface area contributed by atoms with Crippen LogP contribution in [0.25, 0.3) is 11.1 Å². The minimum Gasteiger partial charge on any atom is -0.320 e. The van der Waals surface area contributed by atoms with Gasteiger partial charge in [-0.15, -0.1) is 12.4 Å². The average Bonchev–Trinajstić information content (AvgIpc) is 2.95. The monoisotopic (exact) mass is 491 g/mol. The number of hydrogen-bond donors (Lipinski definition) is 2. The van der Waals surface area contributed by atoms with Crippen LogP contribution in [-0.4, -0.2) is 17.9 Å². The van der Waals surface area contributed by atoms with Gasteiger partial charge >= 0.3 is 0 Å². The highest BCUT2D eigenvalue weighted by molar-refractivity contribution is 6.06. The number of carbonyl (C=O) groups excluding carboxylic acids is 2. The molecule has 0 bridgehead atoms. The van der Waals surface area contributed by atoms with E-state index in [-0.39, 0.29) is 36.1 Å². The maximum Gasteiger partial charge on any atom is 0.256 e. The van der Waals surface area contributed by atoms with Gasteiger partial charge in [0.05, 0.1) is 17.6 Å². The second-order valence-electron chi connectivity index (χ2n) is 9.31. The molecule has 0 saturated carbocycles. The number of rotatable bonds is 8. The first-order valence-corrected chi connectivity index (χ1v) is 12.1. The molecule has 0 aromatic heterocycles. The number of para-hydroxylation sites is 1. The molecular formula is C29H34ClN3O2. The number of hydrazine groups is 1. The molecule has 0 fully saturated rings. The number of unbranched alkanes of at least 4 members (excludes halogenated alkanes) is 1. The van der Waals surface area contributed by atoms with Gasteiger partial charge in [0.15, 0.2) is 0 Å². The van der Waals surface area contributed by atoms with E-state index in [2.05, 4.69) is 35.8 Å². The van der Waals surface area contributed by atoms with E-state index in [9.17, 15) is 9.59 Å². The molecule has 1 unspecified atom stereocenters. The molecule has 3 N–H and O–H groups in total. The van der Waals surface area contributed by atoms with Crippen LogP contribution in [0.15, 0.2) is 78.9 Å². The van der Waals surface area contributed by atoms with Gasteiger partial charge in [0.2, 0.25) is 0 Å². The molecule has 0 spiro atoms. The number of aryl methyl sites for hydroxylation is 1. The van der Waals surface area contributed by atoms with Gasteiger partial charge in [-0.1, -0.05) is 93.1 Å². The predicted octanol–water partition coefficient (Wildman–Crippen LogP) is 5.63. The second kappa shape index (κ2) is 12.0. The first-order valence-electron chi connectivity index (χ1n) is 12.1. The lowest BCUT2D eigenvalue weighted by atomic mass is 9.87. The van der Waals surface area contributed by atoms with Crippen molar-refractivity contribution >= 4 is 29.9 Å². The van der Waals surface area contributed by atoms with Crippen LogP contribution in [0.1, 0.15) is 50.2 Å². The lowest BCUT2D eigenvalue weighted by Crippen LogP contribution is -2.54. The molecule has 3 aromatic carbocycles. The molecule has 6 heteroatoms. The van der Waals surface area contributed by atoms with Gasteiger partial charge in [0.1, 0.15) is 0 Å². The number of halogens is 1. The Balaban J connectivity index is 0.00000342. The molecular weight excluding hydrogens is 458 g/mol. The van der Waals surface area contributed by atoms with Gasteiger partial charge in [-0.05, 0) is 47.9 Å². The fraction of sp³-hybridized carbons (Fsp3) is 0.310. The Hall–Kier alpha value is -3.15. The van der Waals surface area contributed by atoms with E-state index in [0.717, 1.165) is 36.0 Å². The van der Waals surface area contributed by atoms with E-state index >= 15 is 0 Å². The second-order valence-corrected chi connectivity index (χ2v) is 9.31. The summed E-state index contributed by atoms with van der Waals surface area (Å²) < 4.78 is 0. The van der Waals surface area contributed by atoms with Crippen molar-refractivity contribution < 1.29 is 9.59 Å². The summed E-state index contributed by atoms with van der Waals surface area (Å²) in [5.74, 6) is -0.869. The standard InChI is InChI=1S/C29H33N3O2.ClH/c1-20(2)27(30)28(33)31-32-26-19-11-10-17-24(26)22-15-8-9-16-23(22)25(29(32)34)18-7-6-14-21-12-4-3-5-13-21;/h3-5,8-13,15-17,19-20,25,27H,6-7,14,18,30H2,1-2H3,(H,31,33);1H/t25?,27-;/m0./s1. The predicted molar refractivity (Wildman–Crippen MR) is 144 cm³/mol. The number of anilines is 1. The summed E-state index contributed by atoms with van der Waals surface area (Å²) in [6.07, 6.45) is 3.59. The SMILES string of the molecule is CC(C)[C@H](N)C(=O)NN1C(=O)C(CCCCc2ccccc2)c2ccccc2-c2ccccc21.Cl. The van der Waals surface area contributed by atoms with Crippen molar-refractivity contribution in [3.8, 4) is 11.1 Å². The third kappa shape index (κ3) is 5.92. The number of nitrogens with one attached hydrogen (secondary N) is 1. The molecule has 0 saturated heterocycles. The maximum atomic E-state index is 13.9. The number of nitrogens with zero attached hydrogens (tertiary/aromatic N) is 1. The van der Waals surface area contributed by atoms with Gasteiger partial charge in [-0.2, -0.15) is 0 Å². The molecule has 3 aromatic rings. The third-order valence-electron chi connectivity index (χ3n) is 6.58. The van der Waals surface area contributed by atoms with Crippen LogP contribution in [0.2, 0.25) is 0 Å². The van der Waals surface area contributed by atoms with Crippen molar-refractivity contribution in [2.24, 2.45) is 11.7 Å². The number of nitrogens with two attached hydrogens (primary N) is 1. The lowest BCUT2D eigenvalue weighted by Gasteiger charge is -2.28. The highest BCUT2D eigenvalue weighted by Gasteiger charge is 2.35. The van der Waals surface area contributed by atoms with E-state index in [1.807, 2.05) is 62.4 Å². The molecule has 1 heterocycles. The molecule has 1 aliphatic heterocycles. The minimum absolute atomic E-state index is 0. The summed E-state index contributed by atoms with van der Waals surface area (Å²) in [6.45, 7) is 3.79. The Morgan fingerprint density at radius 3 is 2.26 bits per heavy atom. The minimum atomic E-state index is -0.699. The maximum absolute atomic E-state index is 13.9. The molecule has 1 aliphatic rings. The van der Waals surface area contributed by atoms with Crippen molar-refractivity contribution in [1.29, 1.82) is 0 Å². The summed E-state index contributed by atoms with van der Waals surface area (Å²) in [4.78, 5) is 26.8. The highest BCUT2D eigenvalue weighted by Crippen LogP contribution is 2.41. The van der Waals surface area contributed by atoms with Crippen molar-refractivity contribution in [3.05, 3.63) is 90.0 Å². The fourth-order valence-electron chi connectivity index (χ4n) is 4.55. The van der Waals surface area contributed by atoms with Crippen LogP contribution in [0, 0.1) is 5.92 Å². The Kier molecular flexibility index (Phi) is 9.07. The number of benzene rings is 3. The summed E-state index contributed by atoms with van der Waals surface area (Å²) >= 11 is 0. The van der Waals surface area contributed by atoms with Gasteiger partial charge in [-0.3, -0.25) is 15.0 Å². The normalized spacial score (nSPS) is 15.5. The van der Waals surface area contributed by atoms with Crippen molar-refractivity contribution in [2.45, 2.75) is 51.5 Å². The molecule has 2 atom stereocenters. The van der Waals surface area contributed by atoms with E-state index in [1.165, 1.54) is 10.6 Å². The average molecular weight is 492 g/mol. The van der Waals surface area contributed by atoms with Crippen LogP contribution in [0.4, 0.5) is 5.69 Å². The smallest absolute Gasteiger partial charge is 0.256 e. The Morgan fingerprint density at radius 1 is 0.914 bits per heavy atom. The molecule has 5 nitrogen and oxygen atoms in total. The number of amides is 2. The fourth-order valence-corrected chi connectivity index (χ4v) is 4.55. The van der Waals surface area contributed by atoms with E-state index in [0.29, 0.717) is 12.1 Å². The zero-order chi connectivity index (χ0) is 24.1. The zero-order valence-corrected chi connectivity index (χ0v) is 21.1. The summed E-state index contributed by atoms with van der Waals surface area (Å²) in [5.41, 5.74) is 13.9. The first kappa shape index (κ1) is 26.5. The molecule has 2 amide bonds. The van der Waals surface area contributed by atoms with Crippen LogP contribution < -0.4 is 16.2 Å². The molecule has 0 aliphatic carbocycles. The Morgan fingerprint density at radius 2 is 1.54 bits per heavy atom. The van der Waals surface area contributed by atoms with Crippen molar-refractivity contribution in [1.82, 2.24) is 5.43 Å². The van der Waals surface area contributed by atoms with Gasteiger partial charge in [0, 0.05) is 5.56 Å². The first-order chi connectivity index (χ1) is 16.5. The Bertz CT molecular complexity index is 1150. The van der Waals surface area contributed by atoms with Crippen molar-refractivity contribution in [3.63, 3.8) is 0 Å². The number of hydrogen-bond acceptors (Lipinski definition) is 3. The van der Waals surface area contributed by atoms with Crippen LogP contribution in [0.5, 0.6) is 0 Å². The van der Waals surface area contributed by atoms with Crippen LogP contribution in [-0.2, 0) is 16.0 Å². The van der Waals surface area contributed by atoms with Crippen LogP contribution >= 0.6 is 12.4 Å². The molecule has 35 heavy (non-hydrogen) atoms. The quantitative estimate of drug-likeness (QED) is 0.401. The molecule has 0 radical (unpaired) electrons. The van der Waals surface area contributed by atoms with Gasteiger partial charge in [0.25, 0.3) is 11.8 Å². The van der Waals surface area contributed by atoms with E-state index in [1.54, 1.807) is 0 Å². The largest absolute Gasteiger partial charge is 0.320 e. The molecule has 4 rings (SSSR count). The Labute approximate surface area is 214 Å². The lowest BCUT2D eigenvalue weighted by molar-refractivity contribution is -0.128. The number of fused-ring (bicyclic) bond motifs is 3. The van der Waals surface area contributed by atoms with E-state index in [4.69, 9.17) is 5.73 Å². The van der Waals surface area contributed by atoms with Crippen LogP contribution in [0.3, 0.4) is 0 Å². The van der Waals surface area contributed by atoms with Gasteiger partial charge in [-0.25, -0.2) is 5.01 Å². The number of carbonyl (C=O) groups is 2. The third-order valence-corrected chi connectivity index (χ3v) is 6.58. The highest BCUT2D eigenvalue weighted by atomic mass is 35.5. The zero-order valence-electron chi connectivity index (χ0n) is 20.3.